The molecule has 3 aliphatic rings. The Labute approximate surface area is 254 Å². The van der Waals surface area contributed by atoms with Gasteiger partial charge in [-0.15, -0.1) is 0 Å². The number of methoxy groups -OCH3 is 1. The topological polar surface area (TPSA) is 85.0 Å². The molecule has 0 saturated carbocycles. The van der Waals surface area contributed by atoms with Crippen molar-refractivity contribution in [1.29, 1.82) is 0 Å². The fourth-order valence-corrected chi connectivity index (χ4v) is 6.99. The minimum Gasteiger partial charge on any atom is -0.496 e. The Morgan fingerprint density at radius 3 is 2.23 bits per heavy atom. The average Bonchev–Trinajstić information content (AvgIpc) is 3.65. The van der Waals surface area contributed by atoms with Gasteiger partial charge in [-0.05, 0) is 61.1 Å². The van der Waals surface area contributed by atoms with Crippen LogP contribution in [0, 0.1) is 10.8 Å². The van der Waals surface area contributed by atoms with Crippen LogP contribution in [-0.2, 0) is 4.79 Å². The second-order valence-electron chi connectivity index (χ2n) is 13.5. The molecule has 3 aliphatic heterocycles. The number of piperidine rings is 1. The van der Waals surface area contributed by atoms with Crippen molar-refractivity contribution >= 4 is 23.2 Å². The number of aromatic amines is 1. The minimum absolute atomic E-state index is 0.0540. The Hall–Kier alpha value is -3.85. The van der Waals surface area contributed by atoms with Gasteiger partial charge in [-0.2, -0.15) is 5.10 Å². The summed E-state index contributed by atoms with van der Waals surface area (Å²) < 4.78 is 5.66. The molecule has 6 rings (SSSR count). The van der Waals surface area contributed by atoms with Crippen molar-refractivity contribution in [2.24, 2.45) is 10.8 Å². The number of rotatable bonds is 6. The number of amides is 2. The lowest BCUT2D eigenvalue weighted by atomic mass is 9.77. The summed E-state index contributed by atoms with van der Waals surface area (Å²) in [6.07, 6.45) is 5.77. The van der Waals surface area contributed by atoms with Crippen LogP contribution < -0.4 is 14.5 Å². The van der Waals surface area contributed by atoms with Gasteiger partial charge in [0.25, 0.3) is 5.91 Å². The van der Waals surface area contributed by atoms with Gasteiger partial charge in [0, 0.05) is 92.7 Å². The van der Waals surface area contributed by atoms with E-state index in [1.165, 1.54) is 5.69 Å². The molecule has 0 bridgehead atoms. The van der Waals surface area contributed by atoms with E-state index in [-0.39, 0.29) is 11.8 Å². The summed E-state index contributed by atoms with van der Waals surface area (Å²) in [5, 5.41) is 6.88. The fraction of sp³-hybridized carbons (Fsp3) is 0.500. The molecule has 0 atom stereocenters. The van der Waals surface area contributed by atoms with Gasteiger partial charge in [0.1, 0.15) is 5.75 Å². The number of anilines is 2. The standard InChI is InChI=1S/C34H44N6O3/c1-33(2,3)24-37-17-19-38(20-18-37)27-7-5-25(6-8-27)31(41)39-14-11-34(12-15-39)13-16-40(32(34)42)28-9-10-29(30(21-28)43-4)26-22-35-36-23-26/h5-10,21-23H,11-20,24H2,1-4H3,(H,35,36). The van der Waals surface area contributed by atoms with E-state index in [2.05, 4.69) is 52.9 Å². The number of carbonyl (C=O) groups is 2. The van der Waals surface area contributed by atoms with Crippen LogP contribution in [0.1, 0.15) is 50.4 Å². The monoisotopic (exact) mass is 584 g/mol. The van der Waals surface area contributed by atoms with Gasteiger partial charge >= 0.3 is 0 Å². The molecule has 1 aromatic heterocycles. The van der Waals surface area contributed by atoms with Crippen LogP contribution in [-0.4, -0.2) is 91.3 Å². The van der Waals surface area contributed by atoms with E-state index >= 15 is 0 Å². The summed E-state index contributed by atoms with van der Waals surface area (Å²) >= 11 is 0. The highest BCUT2D eigenvalue weighted by Gasteiger charge is 2.49. The number of hydrogen-bond acceptors (Lipinski definition) is 6. The molecule has 43 heavy (non-hydrogen) atoms. The number of nitrogens with zero attached hydrogens (tertiary/aromatic N) is 5. The summed E-state index contributed by atoms with van der Waals surface area (Å²) in [4.78, 5) is 36.0. The van der Waals surface area contributed by atoms with Gasteiger partial charge < -0.3 is 19.4 Å². The van der Waals surface area contributed by atoms with E-state index in [1.807, 2.05) is 46.3 Å². The Morgan fingerprint density at radius 1 is 0.930 bits per heavy atom. The molecule has 9 nitrogen and oxygen atoms in total. The molecule has 3 aromatic rings. The fourth-order valence-electron chi connectivity index (χ4n) is 6.99. The Kier molecular flexibility index (Phi) is 7.94. The lowest BCUT2D eigenvalue weighted by molar-refractivity contribution is -0.127. The first kappa shape index (κ1) is 29.2. The summed E-state index contributed by atoms with van der Waals surface area (Å²) in [5.74, 6) is 0.921. The summed E-state index contributed by atoms with van der Waals surface area (Å²) in [5.41, 5.74) is 4.51. The molecule has 0 aliphatic carbocycles. The van der Waals surface area contributed by atoms with Crippen molar-refractivity contribution in [1.82, 2.24) is 20.0 Å². The third kappa shape index (κ3) is 6.00. The van der Waals surface area contributed by atoms with Crippen molar-refractivity contribution < 1.29 is 14.3 Å². The number of carbonyl (C=O) groups excluding carboxylic acids is 2. The first-order valence-corrected chi connectivity index (χ1v) is 15.5. The van der Waals surface area contributed by atoms with Crippen molar-refractivity contribution in [2.75, 3.05) is 69.3 Å². The van der Waals surface area contributed by atoms with Gasteiger partial charge in [0.05, 0.1) is 18.7 Å². The minimum atomic E-state index is -0.410. The van der Waals surface area contributed by atoms with Gasteiger partial charge in [0.15, 0.2) is 0 Å². The molecule has 1 N–H and O–H groups in total. The molecule has 0 radical (unpaired) electrons. The van der Waals surface area contributed by atoms with E-state index in [9.17, 15) is 9.59 Å². The first-order chi connectivity index (χ1) is 20.7. The van der Waals surface area contributed by atoms with Gasteiger partial charge in [-0.3, -0.25) is 19.6 Å². The van der Waals surface area contributed by atoms with Gasteiger partial charge in [0.2, 0.25) is 5.91 Å². The van der Waals surface area contributed by atoms with Gasteiger partial charge in [-0.25, -0.2) is 0 Å². The average molecular weight is 585 g/mol. The van der Waals surface area contributed by atoms with Crippen LogP contribution in [0.3, 0.4) is 0 Å². The van der Waals surface area contributed by atoms with Gasteiger partial charge in [-0.1, -0.05) is 20.8 Å². The van der Waals surface area contributed by atoms with Crippen molar-refractivity contribution in [3.8, 4) is 16.9 Å². The van der Waals surface area contributed by atoms with E-state index in [0.29, 0.717) is 43.6 Å². The zero-order valence-electron chi connectivity index (χ0n) is 25.9. The highest BCUT2D eigenvalue weighted by molar-refractivity contribution is 6.01. The number of nitrogens with one attached hydrogen (secondary N) is 1. The van der Waals surface area contributed by atoms with Crippen LogP contribution in [0.4, 0.5) is 11.4 Å². The number of ether oxygens (including phenoxy) is 1. The number of benzene rings is 2. The molecule has 228 valence electrons. The van der Waals surface area contributed by atoms with Crippen LogP contribution >= 0.6 is 0 Å². The third-order valence-electron chi connectivity index (χ3n) is 9.38. The highest BCUT2D eigenvalue weighted by Crippen LogP contribution is 2.44. The molecule has 3 fully saturated rings. The van der Waals surface area contributed by atoms with Crippen LogP contribution in [0.5, 0.6) is 5.75 Å². The molecule has 2 aromatic carbocycles. The molecule has 3 saturated heterocycles. The number of hydrogen-bond donors (Lipinski definition) is 1. The first-order valence-electron chi connectivity index (χ1n) is 15.5. The highest BCUT2D eigenvalue weighted by atomic mass is 16.5. The smallest absolute Gasteiger partial charge is 0.253 e. The molecule has 0 unspecified atom stereocenters. The predicted molar refractivity (Wildman–Crippen MR) is 170 cm³/mol. The number of H-pyrrole nitrogens is 1. The Balaban J connectivity index is 1.05. The van der Waals surface area contributed by atoms with E-state index < -0.39 is 5.41 Å². The van der Waals surface area contributed by atoms with Crippen molar-refractivity contribution in [3.63, 3.8) is 0 Å². The lowest BCUT2D eigenvalue weighted by Gasteiger charge is -2.39. The normalized spacial score (nSPS) is 19.3. The van der Waals surface area contributed by atoms with E-state index in [4.69, 9.17) is 4.74 Å². The summed E-state index contributed by atoms with van der Waals surface area (Å²) in [6.45, 7) is 14.0. The van der Waals surface area contributed by atoms with Crippen molar-refractivity contribution in [2.45, 2.75) is 40.0 Å². The second kappa shape index (κ2) is 11.7. The maximum atomic E-state index is 13.8. The Bertz CT molecular complexity index is 1430. The zero-order valence-corrected chi connectivity index (χ0v) is 25.9. The summed E-state index contributed by atoms with van der Waals surface area (Å²) in [6, 6.07) is 14.0. The number of aromatic nitrogens is 2. The largest absolute Gasteiger partial charge is 0.496 e. The molecular formula is C34H44N6O3. The van der Waals surface area contributed by atoms with Crippen LogP contribution in [0.2, 0.25) is 0 Å². The zero-order chi connectivity index (χ0) is 30.2. The maximum absolute atomic E-state index is 13.8. The van der Waals surface area contributed by atoms with E-state index in [1.54, 1.807) is 13.3 Å². The van der Waals surface area contributed by atoms with E-state index in [0.717, 1.165) is 61.5 Å². The second-order valence-corrected chi connectivity index (χ2v) is 13.5. The van der Waals surface area contributed by atoms with Crippen LogP contribution in [0.25, 0.3) is 11.1 Å². The van der Waals surface area contributed by atoms with Crippen LogP contribution in [0.15, 0.2) is 54.9 Å². The van der Waals surface area contributed by atoms with Crippen molar-refractivity contribution in [3.05, 3.63) is 60.4 Å². The molecular weight excluding hydrogens is 540 g/mol. The molecule has 1 spiro atoms. The maximum Gasteiger partial charge on any atom is 0.253 e. The number of piperazine rings is 1. The molecule has 2 amide bonds. The quantitative estimate of drug-likeness (QED) is 0.443. The predicted octanol–water partition coefficient (Wildman–Crippen LogP) is 4.91. The number of likely N-dealkylation sites (tertiary alicyclic amines) is 1. The summed E-state index contributed by atoms with van der Waals surface area (Å²) in [7, 11) is 1.64. The Morgan fingerprint density at radius 2 is 1.60 bits per heavy atom. The molecule has 9 heteroatoms. The SMILES string of the molecule is COc1cc(N2CCC3(CCN(C(=O)c4ccc(N5CCN(CC(C)(C)C)CC5)cc4)CC3)C2=O)ccc1-c1cn[nH]c1. The lowest BCUT2D eigenvalue weighted by Crippen LogP contribution is -2.48. The molecule has 4 heterocycles. The third-order valence-corrected chi connectivity index (χ3v) is 9.38.